The topological polar surface area (TPSA) is 81.5 Å². The molecule has 5 heterocycles. The highest BCUT2D eigenvalue weighted by Crippen LogP contribution is 2.23. The lowest BCUT2D eigenvalue weighted by atomic mass is 10.1. The van der Waals surface area contributed by atoms with Crippen molar-refractivity contribution in [3.8, 4) is 10.6 Å². The van der Waals surface area contributed by atoms with Crippen LogP contribution in [-0.4, -0.2) is 42.3 Å². The van der Waals surface area contributed by atoms with E-state index in [0.29, 0.717) is 23.8 Å². The van der Waals surface area contributed by atoms with E-state index in [1.165, 1.54) is 32.1 Å². The van der Waals surface area contributed by atoms with Crippen LogP contribution in [0.3, 0.4) is 0 Å². The third-order valence-corrected chi connectivity index (χ3v) is 6.40. The molecule has 0 radical (unpaired) electrons. The lowest BCUT2D eigenvalue weighted by Crippen LogP contribution is -2.27. The SMILES string of the molecule is O=c1c2cc(-c3cccs3)nn2ccn1Cc1noc(CN2CCCCCCC2)n1. The monoisotopic (exact) mass is 424 g/mol. The van der Waals surface area contributed by atoms with E-state index < -0.39 is 0 Å². The Morgan fingerprint density at radius 3 is 2.70 bits per heavy atom. The fraction of sp³-hybridized carbons (Fsp3) is 0.429. The Morgan fingerprint density at radius 1 is 1.07 bits per heavy atom. The van der Waals surface area contributed by atoms with E-state index in [1.807, 2.05) is 23.6 Å². The Balaban J connectivity index is 1.32. The average molecular weight is 425 g/mol. The highest BCUT2D eigenvalue weighted by molar-refractivity contribution is 7.13. The van der Waals surface area contributed by atoms with Crippen LogP contribution >= 0.6 is 11.3 Å². The molecule has 0 N–H and O–H groups in total. The van der Waals surface area contributed by atoms with Crippen LogP contribution in [-0.2, 0) is 13.1 Å². The molecular weight excluding hydrogens is 400 g/mol. The van der Waals surface area contributed by atoms with Crippen molar-refractivity contribution in [3.63, 3.8) is 0 Å². The molecule has 156 valence electrons. The van der Waals surface area contributed by atoms with Crippen molar-refractivity contribution in [1.82, 2.24) is 29.2 Å². The van der Waals surface area contributed by atoms with Gasteiger partial charge in [0, 0.05) is 12.4 Å². The third kappa shape index (κ3) is 4.08. The molecule has 30 heavy (non-hydrogen) atoms. The summed E-state index contributed by atoms with van der Waals surface area (Å²) in [4.78, 5) is 20.9. The molecule has 8 nitrogen and oxygen atoms in total. The van der Waals surface area contributed by atoms with Gasteiger partial charge in [-0.25, -0.2) is 4.52 Å². The predicted molar refractivity (Wildman–Crippen MR) is 115 cm³/mol. The van der Waals surface area contributed by atoms with Gasteiger partial charge in [0.1, 0.15) is 11.2 Å². The Bertz CT molecular complexity index is 1170. The first kappa shape index (κ1) is 19.2. The highest BCUT2D eigenvalue weighted by atomic mass is 32.1. The van der Waals surface area contributed by atoms with E-state index in [2.05, 4.69) is 20.1 Å². The van der Waals surface area contributed by atoms with Crippen molar-refractivity contribution >= 4 is 16.9 Å². The molecule has 0 amide bonds. The summed E-state index contributed by atoms with van der Waals surface area (Å²) in [5, 5.41) is 10.6. The maximum Gasteiger partial charge on any atom is 0.277 e. The van der Waals surface area contributed by atoms with Gasteiger partial charge in [-0.05, 0) is 43.4 Å². The van der Waals surface area contributed by atoms with Crippen LogP contribution in [0.4, 0.5) is 0 Å². The van der Waals surface area contributed by atoms with Crippen molar-refractivity contribution in [2.24, 2.45) is 0 Å². The van der Waals surface area contributed by atoms with Crippen LogP contribution in [0.5, 0.6) is 0 Å². The molecule has 0 bridgehead atoms. The zero-order valence-corrected chi connectivity index (χ0v) is 17.6. The van der Waals surface area contributed by atoms with Crippen molar-refractivity contribution < 1.29 is 4.52 Å². The Labute approximate surface area is 177 Å². The number of rotatable bonds is 5. The summed E-state index contributed by atoms with van der Waals surface area (Å²) in [7, 11) is 0. The van der Waals surface area contributed by atoms with Gasteiger partial charge >= 0.3 is 0 Å². The molecule has 0 saturated carbocycles. The molecule has 5 rings (SSSR count). The van der Waals surface area contributed by atoms with Crippen LogP contribution in [0.2, 0.25) is 0 Å². The minimum absolute atomic E-state index is 0.122. The summed E-state index contributed by atoms with van der Waals surface area (Å²) in [5.74, 6) is 1.13. The maximum absolute atomic E-state index is 12.9. The number of thiophene rings is 1. The van der Waals surface area contributed by atoms with Gasteiger partial charge in [-0.15, -0.1) is 11.3 Å². The Kier molecular flexibility index (Phi) is 5.46. The molecule has 1 aliphatic heterocycles. The van der Waals surface area contributed by atoms with Crippen molar-refractivity contribution in [2.45, 2.75) is 45.2 Å². The van der Waals surface area contributed by atoms with Gasteiger partial charge in [0.2, 0.25) is 5.89 Å². The van der Waals surface area contributed by atoms with E-state index in [0.717, 1.165) is 23.7 Å². The molecule has 4 aromatic rings. The number of fused-ring (bicyclic) bond motifs is 1. The van der Waals surface area contributed by atoms with Crippen LogP contribution < -0.4 is 5.56 Å². The summed E-state index contributed by atoms with van der Waals surface area (Å²) < 4.78 is 8.68. The van der Waals surface area contributed by atoms with Gasteiger partial charge in [0.15, 0.2) is 5.82 Å². The molecule has 1 aliphatic rings. The quantitative estimate of drug-likeness (QED) is 0.488. The van der Waals surface area contributed by atoms with E-state index in [4.69, 9.17) is 4.52 Å². The normalized spacial score (nSPS) is 16.0. The summed E-state index contributed by atoms with van der Waals surface area (Å²) in [6, 6.07) is 5.80. The molecule has 0 spiro atoms. The van der Waals surface area contributed by atoms with Crippen molar-refractivity contribution in [1.29, 1.82) is 0 Å². The number of aromatic nitrogens is 5. The van der Waals surface area contributed by atoms with Gasteiger partial charge in [0.25, 0.3) is 5.56 Å². The highest BCUT2D eigenvalue weighted by Gasteiger charge is 2.15. The molecule has 0 atom stereocenters. The largest absolute Gasteiger partial charge is 0.338 e. The van der Waals surface area contributed by atoms with Crippen LogP contribution in [0.15, 0.2) is 45.3 Å². The summed E-state index contributed by atoms with van der Waals surface area (Å²) in [6.07, 6.45) is 9.86. The minimum Gasteiger partial charge on any atom is -0.338 e. The molecule has 0 unspecified atom stereocenters. The second kappa shape index (κ2) is 8.53. The first-order valence-corrected chi connectivity index (χ1v) is 11.3. The fourth-order valence-electron chi connectivity index (χ4n) is 3.93. The molecule has 0 aliphatic carbocycles. The summed E-state index contributed by atoms with van der Waals surface area (Å²) in [5.41, 5.74) is 1.21. The second-order valence-electron chi connectivity index (χ2n) is 7.72. The first-order valence-electron chi connectivity index (χ1n) is 10.4. The molecule has 9 heteroatoms. The molecule has 1 fully saturated rings. The van der Waals surface area contributed by atoms with Gasteiger partial charge in [0.05, 0.1) is 18.0 Å². The lowest BCUT2D eigenvalue weighted by Gasteiger charge is -2.22. The second-order valence-corrected chi connectivity index (χ2v) is 8.66. The molecule has 0 aromatic carbocycles. The van der Waals surface area contributed by atoms with E-state index in [1.54, 1.807) is 32.8 Å². The lowest BCUT2D eigenvalue weighted by molar-refractivity contribution is 0.208. The average Bonchev–Trinajstić information content (AvgIpc) is 3.47. The minimum atomic E-state index is -0.122. The summed E-state index contributed by atoms with van der Waals surface area (Å²) >= 11 is 1.60. The fourth-order valence-corrected chi connectivity index (χ4v) is 4.61. The van der Waals surface area contributed by atoms with Crippen molar-refractivity contribution in [2.75, 3.05) is 13.1 Å². The van der Waals surface area contributed by atoms with Crippen LogP contribution in [0, 0.1) is 0 Å². The van der Waals surface area contributed by atoms with E-state index in [-0.39, 0.29) is 12.1 Å². The Morgan fingerprint density at radius 2 is 1.90 bits per heavy atom. The number of likely N-dealkylation sites (tertiary alicyclic amines) is 1. The Hall–Kier alpha value is -2.78. The third-order valence-electron chi connectivity index (χ3n) is 5.51. The zero-order chi connectivity index (χ0) is 20.3. The van der Waals surface area contributed by atoms with Gasteiger partial charge in [-0.1, -0.05) is 30.5 Å². The predicted octanol–water partition coefficient (Wildman–Crippen LogP) is 3.42. The maximum atomic E-state index is 12.9. The van der Waals surface area contributed by atoms with E-state index >= 15 is 0 Å². The van der Waals surface area contributed by atoms with Gasteiger partial charge in [-0.2, -0.15) is 10.1 Å². The van der Waals surface area contributed by atoms with Crippen molar-refractivity contribution in [3.05, 3.63) is 58.0 Å². The van der Waals surface area contributed by atoms with E-state index in [9.17, 15) is 4.79 Å². The van der Waals surface area contributed by atoms with Crippen LogP contribution in [0.1, 0.15) is 43.8 Å². The molecule has 1 saturated heterocycles. The first-order chi connectivity index (χ1) is 14.8. The summed E-state index contributed by atoms with van der Waals surface area (Å²) in [6.45, 7) is 3.09. The molecule has 4 aromatic heterocycles. The smallest absolute Gasteiger partial charge is 0.277 e. The number of hydrogen-bond donors (Lipinski definition) is 0. The number of nitrogens with zero attached hydrogens (tertiary/aromatic N) is 6. The standard InChI is InChI=1S/C21H24N6O2S/c28-21-17-13-16(18-7-6-12-30-18)23-27(17)11-10-26(21)14-19-22-20(29-24-19)15-25-8-4-2-1-3-5-9-25/h6-7,10-13H,1-5,8-9,14-15H2. The van der Waals surface area contributed by atoms with Gasteiger partial charge < -0.3 is 9.09 Å². The van der Waals surface area contributed by atoms with Gasteiger partial charge in [-0.3, -0.25) is 9.69 Å². The molecular formula is C21H24N6O2S. The van der Waals surface area contributed by atoms with Crippen LogP contribution in [0.25, 0.3) is 16.1 Å². The zero-order valence-electron chi connectivity index (χ0n) is 16.7. The number of hydrogen-bond acceptors (Lipinski definition) is 7.